The van der Waals surface area contributed by atoms with Gasteiger partial charge in [0.25, 0.3) is 5.91 Å². The number of hydrogen-bond donors (Lipinski definition) is 1. The van der Waals surface area contributed by atoms with Crippen LogP contribution in [-0.4, -0.2) is 18.3 Å². The summed E-state index contributed by atoms with van der Waals surface area (Å²) in [4.78, 5) is 23.1. The van der Waals surface area contributed by atoms with Gasteiger partial charge in [-0.1, -0.05) is 22.0 Å². The predicted octanol–water partition coefficient (Wildman–Crippen LogP) is 3.98. The van der Waals surface area contributed by atoms with E-state index in [1.807, 2.05) is 25.1 Å². The first-order valence-corrected chi connectivity index (χ1v) is 7.55. The van der Waals surface area contributed by atoms with Crippen LogP contribution in [0.2, 0.25) is 0 Å². The molecule has 0 saturated heterocycles. The highest BCUT2D eigenvalue weighted by Gasteiger charge is 2.07. The van der Waals surface area contributed by atoms with Crippen LogP contribution in [0.1, 0.15) is 22.8 Å². The normalized spacial score (nSPS) is 10.1. The standard InChI is InChI=1S/C17H16BrNO3/c1-11-3-6-14(18)9-16(11)19-17(21)10-22-15-7-4-13(5-8-15)12(2)20/h3-9H,10H2,1-2H3,(H,19,21). The molecular weight excluding hydrogens is 346 g/mol. The van der Waals surface area contributed by atoms with Gasteiger partial charge in [-0.2, -0.15) is 0 Å². The molecule has 5 heteroatoms. The molecule has 0 aliphatic heterocycles. The molecule has 1 amide bonds. The van der Waals surface area contributed by atoms with Gasteiger partial charge in [-0.25, -0.2) is 0 Å². The lowest BCUT2D eigenvalue weighted by molar-refractivity contribution is -0.118. The van der Waals surface area contributed by atoms with Gasteiger partial charge in [-0.15, -0.1) is 0 Å². The molecule has 0 fully saturated rings. The molecular formula is C17H16BrNO3. The van der Waals surface area contributed by atoms with E-state index in [2.05, 4.69) is 21.2 Å². The van der Waals surface area contributed by atoms with Crippen molar-refractivity contribution in [2.24, 2.45) is 0 Å². The van der Waals surface area contributed by atoms with Crippen molar-refractivity contribution < 1.29 is 14.3 Å². The Balaban J connectivity index is 1.92. The highest BCUT2D eigenvalue weighted by Crippen LogP contribution is 2.20. The van der Waals surface area contributed by atoms with E-state index in [4.69, 9.17) is 4.74 Å². The Labute approximate surface area is 137 Å². The third kappa shape index (κ3) is 4.43. The Hall–Kier alpha value is -2.14. The molecule has 0 radical (unpaired) electrons. The minimum atomic E-state index is -0.239. The average Bonchev–Trinajstić information content (AvgIpc) is 2.49. The van der Waals surface area contributed by atoms with Crippen LogP contribution in [0.15, 0.2) is 46.9 Å². The number of amides is 1. The molecule has 0 aromatic heterocycles. The van der Waals surface area contributed by atoms with E-state index in [9.17, 15) is 9.59 Å². The van der Waals surface area contributed by atoms with Gasteiger partial charge >= 0.3 is 0 Å². The fourth-order valence-corrected chi connectivity index (χ4v) is 2.21. The number of hydrogen-bond acceptors (Lipinski definition) is 3. The largest absolute Gasteiger partial charge is 0.484 e. The summed E-state index contributed by atoms with van der Waals surface area (Å²) in [7, 11) is 0. The van der Waals surface area contributed by atoms with Crippen LogP contribution in [0.3, 0.4) is 0 Å². The van der Waals surface area contributed by atoms with Crippen LogP contribution >= 0.6 is 15.9 Å². The number of anilines is 1. The van der Waals surface area contributed by atoms with Gasteiger partial charge in [0.15, 0.2) is 12.4 Å². The van der Waals surface area contributed by atoms with E-state index in [1.54, 1.807) is 24.3 Å². The summed E-state index contributed by atoms with van der Waals surface area (Å²) < 4.78 is 6.31. The second-order valence-electron chi connectivity index (χ2n) is 4.88. The highest BCUT2D eigenvalue weighted by atomic mass is 79.9. The molecule has 0 spiro atoms. The van der Waals surface area contributed by atoms with Gasteiger partial charge in [0, 0.05) is 15.7 Å². The minimum absolute atomic E-state index is 0.00516. The van der Waals surface area contributed by atoms with Crippen LogP contribution in [-0.2, 0) is 4.79 Å². The molecule has 114 valence electrons. The van der Waals surface area contributed by atoms with E-state index >= 15 is 0 Å². The van der Waals surface area contributed by atoms with Crippen molar-refractivity contribution in [1.82, 2.24) is 0 Å². The second-order valence-corrected chi connectivity index (χ2v) is 5.79. The van der Waals surface area contributed by atoms with Crippen LogP contribution in [0.4, 0.5) is 5.69 Å². The van der Waals surface area contributed by atoms with Crippen LogP contribution in [0.5, 0.6) is 5.75 Å². The second kappa shape index (κ2) is 7.22. The maximum Gasteiger partial charge on any atom is 0.262 e. The Morgan fingerprint density at radius 1 is 1.14 bits per heavy atom. The maximum absolute atomic E-state index is 11.9. The van der Waals surface area contributed by atoms with E-state index in [1.165, 1.54) is 6.92 Å². The average molecular weight is 362 g/mol. The molecule has 2 aromatic rings. The lowest BCUT2D eigenvalue weighted by atomic mass is 10.1. The monoisotopic (exact) mass is 361 g/mol. The molecule has 0 unspecified atom stereocenters. The van der Waals surface area contributed by atoms with Gasteiger partial charge in [0.2, 0.25) is 0 Å². The number of rotatable bonds is 5. The fraction of sp³-hybridized carbons (Fsp3) is 0.176. The number of nitrogens with one attached hydrogen (secondary N) is 1. The number of Topliss-reactive ketones (excluding diaryl/α,β-unsaturated/α-hetero) is 1. The molecule has 0 saturated carbocycles. The molecule has 0 aliphatic carbocycles. The number of benzene rings is 2. The Morgan fingerprint density at radius 2 is 1.82 bits per heavy atom. The number of carbonyl (C=O) groups excluding carboxylic acids is 2. The summed E-state index contributed by atoms with van der Waals surface area (Å²) in [5.74, 6) is 0.303. The molecule has 0 heterocycles. The zero-order valence-electron chi connectivity index (χ0n) is 12.4. The Morgan fingerprint density at radius 3 is 2.45 bits per heavy atom. The van der Waals surface area contributed by atoms with Gasteiger partial charge in [-0.3, -0.25) is 9.59 Å². The van der Waals surface area contributed by atoms with Gasteiger partial charge in [-0.05, 0) is 55.8 Å². The van der Waals surface area contributed by atoms with E-state index in [0.29, 0.717) is 11.3 Å². The summed E-state index contributed by atoms with van der Waals surface area (Å²) in [5.41, 5.74) is 2.33. The third-order valence-electron chi connectivity index (χ3n) is 3.10. The number of halogens is 1. The third-order valence-corrected chi connectivity index (χ3v) is 3.60. The van der Waals surface area contributed by atoms with Crippen LogP contribution < -0.4 is 10.1 Å². The van der Waals surface area contributed by atoms with Crippen molar-refractivity contribution in [2.75, 3.05) is 11.9 Å². The van der Waals surface area contributed by atoms with Crippen molar-refractivity contribution in [2.45, 2.75) is 13.8 Å². The molecule has 0 atom stereocenters. The van der Waals surface area contributed by atoms with Crippen molar-refractivity contribution >= 4 is 33.3 Å². The minimum Gasteiger partial charge on any atom is -0.484 e. The summed E-state index contributed by atoms with van der Waals surface area (Å²) in [6.45, 7) is 3.33. The maximum atomic E-state index is 11.9. The van der Waals surface area contributed by atoms with Crippen molar-refractivity contribution in [3.63, 3.8) is 0 Å². The van der Waals surface area contributed by atoms with Gasteiger partial charge < -0.3 is 10.1 Å². The van der Waals surface area contributed by atoms with Crippen LogP contribution in [0, 0.1) is 6.92 Å². The van der Waals surface area contributed by atoms with E-state index in [-0.39, 0.29) is 18.3 Å². The lowest BCUT2D eigenvalue weighted by Crippen LogP contribution is -2.20. The van der Waals surface area contributed by atoms with Gasteiger partial charge in [0.1, 0.15) is 5.75 Å². The number of carbonyl (C=O) groups is 2. The SMILES string of the molecule is CC(=O)c1ccc(OCC(=O)Nc2cc(Br)ccc2C)cc1. The highest BCUT2D eigenvalue weighted by molar-refractivity contribution is 9.10. The molecule has 0 aliphatic rings. The quantitative estimate of drug-likeness (QED) is 0.819. The Kier molecular flexibility index (Phi) is 5.33. The molecule has 1 N–H and O–H groups in total. The topological polar surface area (TPSA) is 55.4 Å². The van der Waals surface area contributed by atoms with E-state index < -0.39 is 0 Å². The molecule has 4 nitrogen and oxygen atoms in total. The number of ether oxygens (including phenoxy) is 1. The van der Waals surface area contributed by atoms with Gasteiger partial charge in [0.05, 0.1) is 0 Å². The first-order chi connectivity index (χ1) is 10.5. The molecule has 22 heavy (non-hydrogen) atoms. The first-order valence-electron chi connectivity index (χ1n) is 6.75. The Bertz CT molecular complexity index is 696. The molecule has 2 rings (SSSR count). The lowest BCUT2D eigenvalue weighted by Gasteiger charge is -2.10. The summed E-state index contributed by atoms with van der Waals surface area (Å²) >= 11 is 3.37. The fourth-order valence-electron chi connectivity index (χ4n) is 1.85. The summed E-state index contributed by atoms with van der Waals surface area (Å²) in [5, 5.41) is 2.80. The first kappa shape index (κ1) is 16.2. The number of aryl methyl sites for hydroxylation is 1. The van der Waals surface area contributed by atoms with Crippen molar-refractivity contribution in [3.05, 3.63) is 58.1 Å². The predicted molar refractivity (Wildman–Crippen MR) is 89.5 cm³/mol. The summed E-state index contributed by atoms with van der Waals surface area (Å²) in [6.07, 6.45) is 0. The molecule has 2 aromatic carbocycles. The van der Waals surface area contributed by atoms with Crippen molar-refractivity contribution in [1.29, 1.82) is 0 Å². The van der Waals surface area contributed by atoms with Crippen LogP contribution in [0.25, 0.3) is 0 Å². The molecule has 0 bridgehead atoms. The summed E-state index contributed by atoms with van der Waals surface area (Å²) in [6, 6.07) is 12.4. The number of ketones is 1. The smallest absolute Gasteiger partial charge is 0.262 e. The van der Waals surface area contributed by atoms with Crippen molar-refractivity contribution in [3.8, 4) is 5.75 Å². The zero-order chi connectivity index (χ0) is 16.1. The van der Waals surface area contributed by atoms with E-state index in [0.717, 1.165) is 15.7 Å². The zero-order valence-corrected chi connectivity index (χ0v) is 13.9.